The molecular weight excluding hydrogens is 278 g/mol. The van der Waals surface area contributed by atoms with E-state index in [4.69, 9.17) is 10.8 Å². The summed E-state index contributed by atoms with van der Waals surface area (Å²) in [5, 5.41) is 18.5. The molecule has 0 aliphatic rings. The maximum absolute atomic E-state index is 11.6. The number of nitrogens with two attached hydrogens (primary N) is 2. The van der Waals surface area contributed by atoms with Gasteiger partial charge in [-0.25, -0.2) is 0 Å². The van der Waals surface area contributed by atoms with Crippen molar-refractivity contribution >= 4 is 17.7 Å². The van der Waals surface area contributed by atoms with Gasteiger partial charge in [0.25, 0.3) is 5.91 Å². The van der Waals surface area contributed by atoms with Gasteiger partial charge in [0.2, 0.25) is 11.8 Å². The van der Waals surface area contributed by atoms with Crippen molar-refractivity contribution in [3.05, 3.63) is 38.0 Å². The number of amides is 3. The van der Waals surface area contributed by atoms with E-state index in [0.717, 1.165) is 6.08 Å². The van der Waals surface area contributed by atoms with Crippen LogP contribution in [0.5, 0.6) is 0 Å². The van der Waals surface area contributed by atoms with Crippen LogP contribution < -0.4 is 11.5 Å². The number of hydrogen-bond donors (Lipinski definition) is 4. The van der Waals surface area contributed by atoms with Crippen molar-refractivity contribution in [2.75, 3.05) is 13.1 Å². The van der Waals surface area contributed by atoms with Gasteiger partial charge in [-0.1, -0.05) is 18.7 Å². The van der Waals surface area contributed by atoms with Crippen molar-refractivity contribution in [2.24, 2.45) is 11.5 Å². The molecule has 0 saturated heterocycles. The molecule has 0 rings (SSSR count). The van der Waals surface area contributed by atoms with Crippen LogP contribution in [0.4, 0.5) is 0 Å². The number of hydrogen-bond acceptors (Lipinski definition) is 5. The molecule has 2 unspecified atom stereocenters. The number of primary amides is 2. The van der Waals surface area contributed by atoms with Crippen LogP contribution in [0.25, 0.3) is 0 Å². The van der Waals surface area contributed by atoms with Gasteiger partial charge in [0, 0.05) is 13.1 Å². The van der Waals surface area contributed by atoms with Gasteiger partial charge in [-0.2, -0.15) is 0 Å². The predicted molar refractivity (Wildman–Crippen MR) is 77.6 cm³/mol. The third kappa shape index (κ3) is 9.14. The molecule has 0 aliphatic heterocycles. The van der Waals surface area contributed by atoms with E-state index in [1.165, 1.54) is 17.1 Å². The van der Waals surface area contributed by atoms with Crippen LogP contribution in [-0.4, -0.2) is 58.1 Å². The molecule has 0 heterocycles. The average molecular weight is 299 g/mol. The van der Waals surface area contributed by atoms with Crippen LogP contribution >= 0.6 is 0 Å². The second-order valence-electron chi connectivity index (χ2n) is 3.72. The third-order valence-electron chi connectivity index (χ3n) is 2.06. The Labute approximate surface area is 123 Å². The maximum Gasteiger partial charge on any atom is 0.255 e. The van der Waals surface area contributed by atoms with E-state index < -0.39 is 29.9 Å². The van der Waals surface area contributed by atoms with Gasteiger partial charge in [0.15, 0.2) is 12.2 Å². The van der Waals surface area contributed by atoms with E-state index in [1.54, 1.807) is 0 Å². The lowest BCUT2D eigenvalue weighted by atomic mass is 10.1. The Balaban J connectivity index is 0. The molecule has 6 N–H and O–H groups in total. The highest BCUT2D eigenvalue weighted by atomic mass is 16.3. The first kappa shape index (κ1) is 20.9. The van der Waals surface area contributed by atoms with Crippen LogP contribution in [0, 0.1) is 0 Å². The second-order valence-corrected chi connectivity index (χ2v) is 3.72. The van der Waals surface area contributed by atoms with Crippen LogP contribution in [0.2, 0.25) is 0 Å². The Morgan fingerprint density at radius 2 is 1.38 bits per heavy atom. The Bertz CT molecular complexity index is 399. The van der Waals surface area contributed by atoms with Crippen molar-refractivity contribution < 1.29 is 24.6 Å². The molecule has 0 radical (unpaired) electrons. The van der Waals surface area contributed by atoms with Gasteiger partial charge in [0.05, 0.1) is 0 Å². The smallest absolute Gasteiger partial charge is 0.255 e. The zero-order valence-electron chi connectivity index (χ0n) is 11.6. The molecule has 2 atom stereocenters. The van der Waals surface area contributed by atoms with Crippen LogP contribution in [0.1, 0.15) is 0 Å². The zero-order valence-corrected chi connectivity index (χ0v) is 11.6. The van der Waals surface area contributed by atoms with E-state index in [-0.39, 0.29) is 13.1 Å². The minimum absolute atomic E-state index is 0.174. The zero-order chi connectivity index (χ0) is 17.0. The van der Waals surface area contributed by atoms with Crippen LogP contribution in [-0.2, 0) is 14.4 Å². The number of carbonyl (C=O) groups is 3. The topological polar surface area (TPSA) is 147 Å². The molecule has 8 heteroatoms. The van der Waals surface area contributed by atoms with Gasteiger partial charge in [-0.05, 0) is 6.08 Å². The largest absolute Gasteiger partial charge is 0.380 e. The second kappa shape index (κ2) is 11.4. The summed E-state index contributed by atoms with van der Waals surface area (Å²) in [7, 11) is 0. The van der Waals surface area contributed by atoms with E-state index in [9.17, 15) is 19.5 Å². The van der Waals surface area contributed by atoms with Gasteiger partial charge in [0.1, 0.15) is 0 Å². The van der Waals surface area contributed by atoms with Gasteiger partial charge < -0.3 is 26.6 Å². The molecule has 0 aliphatic carbocycles. The Morgan fingerprint density at radius 1 is 1.00 bits per heavy atom. The Hall–Kier alpha value is -2.45. The highest BCUT2D eigenvalue weighted by Gasteiger charge is 2.31. The molecule has 0 saturated carbocycles. The number of rotatable bonds is 8. The number of aliphatic hydroxyl groups excluding tert-OH is 2. The van der Waals surface area contributed by atoms with E-state index in [0.29, 0.717) is 0 Å². The van der Waals surface area contributed by atoms with Crippen molar-refractivity contribution in [3.63, 3.8) is 0 Å². The molecular formula is C13H21N3O5. The first-order valence-corrected chi connectivity index (χ1v) is 5.80. The normalized spacial score (nSPS) is 11.9. The lowest BCUT2D eigenvalue weighted by molar-refractivity contribution is -0.151. The quantitative estimate of drug-likeness (QED) is 0.304. The Kier molecular flexibility index (Phi) is 11.3. The molecule has 0 fully saturated rings. The summed E-state index contributed by atoms with van der Waals surface area (Å²) in [6, 6.07) is 0. The molecule has 3 amide bonds. The highest BCUT2D eigenvalue weighted by Crippen LogP contribution is 2.01. The first-order valence-electron chi connectivity index (χ1n) is 5.80. The Morgan fingerprint density at radius 3 is 1.62 bits per heavy atom. The molecule has 118 valence electrons. The summed E-state index contributed by atoms with van der Waals surface area (Å²) in [4.78, 5) is 32.8. The number of aliphatic hydroxyl groups is 2. The predicted octanol–water partition coefficient (Wildman–Crippen LogP) is -1.95. The minimum atomic E-state index is -1.91. The first-order chi connectivity index (χ1) is 9.72. The summed E-state index contributed by atoms with van der Waals surface area (Å²) in [5.41, 5.74) is 9.30. The summed E-state index contributed by atoms with van der Waals surface area (Å²) in [6.45, 7) is 10.3. The molecule has 0 aromatic heterocycles. The SMILES string of the molecule is C=CC(N)=O.C=CCN(CC=C)C(=O)C(O)C(O)C(N)=O. The van der Waals surface area contributed by atoms with Gasteiger partial charge in [-0.15, -0.1) is 13.2 Å². The van der Waals surface area contributed by atoms with E-state index in [1.807, 2.05) is 0 Å². The lowest BCUT2D eigenvalue weighted by Crippen LogP contribution is -2.49. The summed E-state index contributed by atoms with van der Waals surface area (Å²) < 4.78 is 0. The minimum Gasteiger partial charge on any atom is -0.380 e. The van der Waals surface area contributed by atoms with Crippen molar-refractivity contribution in [3.8, 4) is 0 Å². The van der Waals surface area contributed by atoms with Crippen LogP contribution in [0.15, 0.2) is 38.0 Å². The highest BCUT2D eigenvalue weighted by molar-refractivity contribution is 5.90. The molecule has 21 heavy (non-hydrogen) atoms. The fourth-order valence-electron chi connectivity index (χ4n) is 1.04. The lowest BCUT2D eigenvalue weighted by Gasteiger charge is -2.23. The molecule has 0 aromatic carbocycles. The molecule has 0 spiro atoms. The molecule has 0 aromatic rings. The molecule has 0 bridgehead atoms. The monoisotopic (exact) mass is 299 g/mol. The third-order valence-corrected chi connectivity index (χ3v) is 2.06. The number of nitrogens with zero attached hydrogens (tertiary/aromatic N) is 1. The van der Waals surface area contributed by atoms with E-state index in [2.05, 4.69) is 25.5 Å². The average Bonchev–Trinajstić information content (AvgIpc) is 2.45. The summed E-state index contributed by atoms with van der Waals surface area (Å²) in [5.74, 6) is -2.44. The van der Waals surface area contributed by atoms with Gasteiger partial charge in [-0.3, -0.25) is 14.4 Å². The van der Waals surface area contributed by atoms with Crippen molar-refractivity contribution in [1.29, 1.82) is 0 Å². The fraction of sp³-hybridized carbons (Fsp3) is 0.308. The standard InChI is InChI=1S/C10H16N2O4.C3H5NO/c1-3-5-12(6-4-2)10(16)8(14)7(13)9(11)15;1-2-3(4)5/h3-4,7-8,13-14H,1-2,5-6H2,(H2,11,15);2H,1H2,(H2,4,5). The van der Waals surface area contributed by atoms with Crippen molar-refractivity contribution in [1.82, 2.24) is 4.90 Å². The fourth-order valence-corrected chi connectivity index (χ4v) is 1.04. The van der Waals surface area contributed by atoms with Crippen molar-refractivity contribution in [2.45, 2.75) is 12.2 Å². The summed E-state index contributed by atoms with van der Waals surface area (Å²) >= 11 is 0. The summed E-state index contributed by atoms with van der Waals surface area (Å²) in [6.07, 6.45) is 0.178. The van der Waals surface area contributed by atoms with Crippen LogP contribution in [0.3, 0.4) is 0 Å². The maximum atomic E-state index is 11.6. The molecule has 8 nitrogen and oxygen atoms in total. The number of carbonyl (C=O) groups excluding carboxylic acids is 3. The van der Waals surface area contributed by atoms with Gasteiger partial charge >= 0.3 is 0 Å². The van der Waals surface area contributed by atoms with E-state index >= 15 is 0 Å².